The largest absolute Gasteiger partial charge is 1.00 e. The molecule has 0 radical (unpaired) electrons. The van der Waals surface area contributed by atoms with Gasteiger partial charge in [0.05, 0.1) is 0 Å². The van der Waals surface area contributed by atoms with Gasteiger partial charge in [-0.2, -0.15) is 0 Å². The van der Waals surface area contributed by atoms with Crippen LogP contribution >= 0.6 is 0 Å². The van der Waals surface area contributed by atoms with Gasteiger partial charge in [0.1, 0.15) is 0 Å². The van der Waals surface area contributed by atoms with Crippen LogP contribution in [0.2, 0.25) is 0 Å². The van der Waals surface area contributed by atoms with Crippen LogP contribution in [0.1, 0.15) is 24.5 Å². The van der Waals surface area contributed by atoms with Crippen LogP contribution in [0, 0.1) is 0 Å². The third-order valence-electron chi connectivity index (χ3n) is 1.85. The summed E-state index contributed by atoms with van der Waals surface area (Å²) in [6.07, 6.45) is 2.46. The molecular formula is C10H13ClMg. The maximum atomic E-state index is 2.24. The molecule has 0 aliphatic heterocycles. The van der Waals surface area contributed by atoms with Gasteiger partial charge in [0.25, 0.3) is 0 Å². The van der Waals surface area contributed by atoms with Gasteiger partial charge in [-0.1, -0.05) is 0 Å². The zero-order valence-corrected chi connectivity index (χ0v) is 9.69. The number of aryl methyl sites for hydroxylation is 1. The van der Waals surface area contributed by atoms with Gasteiger partial charge < -0.3 is 12.4 Å². The molecule has 0 spiro atoms. The Kier molecular flexibility index (Phi) is 6.91. The van der Waals surface area contributed by atoms with Crippen LogP contribution in [0.15, 0.2) is 24.3 Å². The van der Waals surface area contributed by atoms with E-state index in [1.54, 1.807) is 0 Å². The number of hydrogen-bond donors (Lipinski definition) is 0. The van der Waals surface area contributed by atoms with Crippen LogP contribution in [0.3, 0.4) is 0 Å². The summed E-state index contributed by atoms with van der Waals surface area (Å²) in [4.78, 5) is 0. The molecule has 0 heterocycles. The summed E-state index contributed by atoms with van der Waals surface area (Å²) < 4.78 is 1.17. The first-order valence-electron chi connectivity index (χ1n) is 4.24. The van der Waals surface area contributed by atoms with Gasteiger partial charge in [0.15, 0.2) is 0 Å². The van der Waals surface area contributed by atoms with Gasteiger partial charge in [-0.15, -0.1) is 0 Å². The van der Waals surface area contributed by atoms with Crippen molar-refractivity contribution < 1.29 is 12.4 Å². The van der Waals surface area contributed by atoms with Crippen LogP contribution < -0.4 is 12.4 Å². The number of benzene rings is 1. The minimum absolute atomic E-state index is 0. The summed E-state index contributed by atoms with van der Waals surface area (Å²) in [5.74, 6) is 0. The van der Waals surface area contributed by atoms with Crippen LogP contribution in [-0.4, -0.2) is 21.7 Å². The van der Waals surface area contributed by atoms with E-state index in [4.69, 9.17) is 0 Å². The molecule has 0 nitrogen and oxygen atoms in total. The quantitative estimate of drug-likeness (QED) is 0.557. The second-order valence-corrected chi connectivity index (χ2v) is 3.32. The Hall–Kier alpha value is 0.276. The molecule has 0 fully saturated rings. The van der Waals surface area contributed by atoms with E-state index < -0.39 is 0 Å². The molecule has 0 N–H and O–H groups in total. The molecular weight excluding hydrogens is 180 g/mol. The van der Waals surface area contributed by atoms with E-state index in [1.165, 1.54) is 28.5 Å². The van der Waals surface area contributed by atoms with Gasteiger partial charge in [0.2, 0.25) is 0 Å². The van der Waals surface area contributed by atoms with Gasteiger partial charge in [-0.3, -0.25) is 0 Å². The van der Waals surface area contributed by atoms with Crippen molar-refractivity contribution in [3.8, 4) is 0 Å². The zero-order valence-electron chi connectivity index (χ0n) is 7.52. The van der Waals surface area contributed by atoms with E-state index >= 15 is 0 Å². The van der Waals surface area contributed by atoms with E-state index in [9.17, 15) is 0 Å². The van der Waals surface area contributed by atoms with Gasteiger partial charge >= 0.3 is 81.4 Å². The normalized spacial score (nSPS) is 9.25. The SMILES string of the molecule is CCCc1ccc([CH2][Mg+])cc1.[Cl-]. The third kappa shape index (κ3) is 3.79. The monoisotopic (exact) mass is 192 g/mol. The molecule has 0 aromatic heterocycles. The van der Waals surface area contributed by atoms with Crippen molar-refractivity contribution in [1.29, 1.82) is 0 Å². The fraction of sp³-hybridized carbons (Fsp3) is 0.400. The molecule has 0 saturated heterocycles. The smallest absolute Gasteiger partial charge is 1.00 e. The van der Waals surface area contributed by atoms with Crippen LogP contribution in [-0.2, 0) is 11.0 Å². The minimum Gasteiger partial charge on any atom is -1.00 e. The number of rotatable bonds is 3. The average Bonchev–Trinajstić information content (AvgIpc) is 2.07. The molecule has 12 heavy (non-hydrogen) atoms. The molecule has 0 atom stereocenters. The Morgan fingerprint density at radius 1 is 1.08 bits per heavy atom. The van der Waals surface area contributed by atoms with Crippen molar-refractivity contribution in [3.63, 3.8) is 0 Å². The van der Waals surface area contributed by atoms with Crippen molar-refractivity contribution in [2.75, 3.05) is 0 Å². The molecule has 1 aromatic rings. The molecule has 0 aliphatic rings. The number of hydrogen-bond acceptors (Lipinski definition) is 0. The Bertz CT molecular complexity index is 206. The Morgan fingerprint density at radius 3 is 2.00 bits per heavy atom. The predicted molar refractivity (Wildman–Crippen MR) is 49.9 cm³/mol. The van der Waals surface area contributed by atoms with E-state index in [-0.39, 0.29) is 12.4 Å². The first-order chi connectivity index (χ1) is 5.36. The van der Waals surface area contributed by atoms with Crippen molar-refractivity contribution in [1.82, 2.24) is 0 Å². The molecule has 1 aromatic carbocycles. The predicted octanol–water partition coefficient (Wildman–Crippen LogP) is -0.688. The van der Waals surface area contributed by atoms with Gasteiger partial charge in [-0.05, 0) is 0 Å². The van der Waals surface area contributed by atoms with Gasteiger partial charge in [-0.25, -0.2) is 0 Å². The summed E-state index contributed by atoms with van der Waals surface area (Å²) in [5, 5.41) is 0. The second-order valence-electron chi connectivity index (χ2n) is 2.82. The maximum Gasteiger partial charge on any atom is -1.00 e. The topological polar surface area (TPSA) is 0 Å². The van der Waals surface area contributed by atoms with Crippen molar-refractivity contribution in [2.45, 2.75) is 24.3 Å². The molecule has 0 unspecified atom stereocenters. The van der Waals surface area contributed by atoms with E-state index in [1.807, 2.05) is 21.7 Å². The van der Waals surface area contributed by atoms with E-state index in [0.29, 0.717) is 0 Å². The number of halogens is 1. The summed E-state index contributed by atoms with van der Waals surface area (Å²) >= 11 is 2.01. The summed E-state index contributed by atoms with van der Waals surface area (Å²) in [6, 6.07) is 8.95. The standard InChI is InChI=1S/C10H13.ClH.Mg/c1-3-4-10-7-5-9(2)6-8-10;;/h5-8H,2-4H2,1H3;1H;/q;;+1/p-1. The fourth-order valence-electron chi connectivity index (χ4n) is 1.16. The van der Waals surface area contributed by atoms with E-state index in [0.717, 1.165) is 0 Å². The first-order valence-corrected chi connectivity index (χ1v) is 5.24. The van der Waals surface area contributed by atoms with Crippen LogP contribution in [0.5, 0.6) is 0 Å². The van der Waals surface area contributed by atoms with Crippen molar-refractivity contribution in [2.24, 2.45) is 0 Å². The molecule has 0 aliphatic carbocycles. The Labute approximate surface area is 93.6 Å². The fourth-order valence-corrected chi connectivity index (χ4v) is 1.49. The summed E-state index contributed by atoms with van der Waals surface area (Å²) in [7, 11) is 0. The van der Waals surface area contributed by atoms with Crippen molar-refractivity contribution >= 4 is 21.7 Å². The van der Waals surface area contributed by atoms with Crippen molar-refractivity contribution in [3.05, 3.63) is 35.4 Å². The molecule has 2 heteroatoms. The first kappa shape index (κ1) is 12.3. The second kappa shape index (κ2) is 6.76. The van der Waals surface area contributed by atoms with Gasteiger partial charge in [0, 0.05) is 0 Å². The minimum atomic E-state index is 0. The average molecular weight is 193 g/mol. The summed E-state index contributed by atoms with van der Waals surface area (Å²) in [6.45, 7) is 2.22. The van der Waals surface area contributed by atoms with Crippen LogP contribution in [0.25, 0.3) is 0 Å². The molecule has 62 valence electrons. The molecule has 1 rings (SSSR count). The molecule has 0 saturated carbocycles. The Balaban J connectivity index is 0.00000121. The third-order valence-corrected chi connectivity index (χ3v) is 2.43. The maximum absolute atomic E-state index is 2.24. The Morgan fingerprint density at radius 2 is 1.58 bits per heavy atom. The van der Waals surface area contributed by atoms with E-state index in [2.05, 4.69) is 31.2 Å². The molecule has 0 amide bonds. The molecule has 0 bridgehead atoms. The van der Waals surface area contributed by atoms with Crippen LogP contribution in [0.4, 0.5) is 0 Å². The zero-order chi connectivity index (χ0) is 8.10. The summed E-state index contributed by atoms with van der Waals surface area (Å²) in [5.41, 5.74) is 2.91.